The van der Waals surface area contributed by atoms with Gasteiger partial charge in [0, 0.05) is 29.9 Å². The summed E-state index contributed by atoms with van der Waals surface area (Å²) in [6.45, 7) is 3.06. The number of alkyl halides is 4. The number of nitrogens with zero attached hydrogens (tertiary/aromatic N) is 1. The fourth-order valence-electron chi connectivity index (χ4n) is 2.65. The van der Waals surface area contributed by atoms with Gasteiger partial charge in [-0.15, -0.1) is 0 Å². The summed E-state index contributed by atoms with van der Waals surface area (Å²) in [6, 6.07) is 10.6. The lowest BCUT2D eigenvalue weighted by Gasteiger charge is -2.16. The van der Waals surface area contributed by atoms with Crippen LogP contribution in [0.1, 0.15) is 25.0 Å². The molecule has 0 fully saturated rings. The van der Waals surface area contributed by atoms with E-state index >= 15 is 0 Å². The predicted octanol–water partition coefficient (Wildman–Crippen LogP) is 6.27. The second kappa shape index (κ2) is 10.8. The Morgan fingerprint density at radius 3 is 2.63 bits per heavy atom. The summed E-state index contributed by atoms with van der Waals surface area (Å²) in [4.78, 5) is 7.29. The molecule has 0 spiro atoms. The molecule has 3 rings (SSSR count). The smallest absolute Gasteiger partial charge is 0.340 e. The average Bonchev–Trinajstić information content (AvgIpc) is 3.13. The molecule has 162 valence electrons. The van der Waals surface area contributed by atoms with Crippen LogP contribution in [0.25, 0.3) is 10.9 Å². The Labute approximate surface area is 171 Å². The van der Waals surface area contributed by atoms with Crippen LogP contribution in [0.4, 0.5) is 22.0 Å². The molecule has 1 heterocycles. The fourth-order valence-corrected chi connectivity index (χ4v) is 2.65. The van der Waals surface area contributed by atoms with Crippen molar-refractivity contribution in [1.82, 2.24) is 4.98 Å². The number of aromatic amines is 1. The van der Waals surface area contributed by atoms with Crippen molar-refractivity contribution in [2.75, 3.05) is 13.2 Å². The molecule has 3 aromatic rings. The predicted molar refractivity (Wildman–Crippen MR) is 109 cm³/mol. The normalized spacial score (nSPS) is 11.7. The third-order valence-electron chi connectivity index (χ3n) is 4.09. The zero-order valence-electron chi connectivity index (χ0n) is 16.6. The van der Waals surface area contributed by atoms with Crippen molar-refractivity contribution in [2.24, 2.45) is 4.99 Å². The van der Waals surface area contributed by atoms with Crippen LogP contribution in [0.3, 0.4) is 0 Å². The van der Waals surface area contributed by atoms with Gasteiger partial charge >= 0.3 is 12.3 Å². The van der Waals surface area contributed by atoms with Gasteiger partial charge in [-0.1, -0.05) is 26.0 Å². The summed E-state index contributed by atoms with van der Waals surface area (Å²) in [6.07, 6.45) is 0.196. The van der Waals surface area contributed by atoms with Gasteiger partial charge in [0.1, 0.15) is 11.6 Å². The van der Waals surface area contributed by atoms with Gasteiger partial charge < -0.3 is 9.72 Å². The number of aliphatic imine (C=N–C) groups is 1. The number of H-pyrrole nitrogens is 1. The largest absolute Gasteiger partial charge is 0.487 e. The van der Waals surface area contributed by atoms with E-state index in [2.05, 4.69) is 9.98 Å². The van der Waals surface area contributed by atoms with E-state index in [4.69, 9.17) is 4.74 Å². The number of aromatic nitrogens is 1. The molecular weight excluding hydrogens is 403 g/mol. The quantitative estimate of drug-likeness (QED) is 0.334. The number of rotatable bonds is 8. The number of benzene rings is 2. The summed E-state index contributed by atoms with van der Waals surface area (Å²) in [5, 5.41) is 0.923. The fraction of sp³-hybridized carbons (Fsp3) is 0.318. The van der Waals surface area contributed by atoms with E-state index in [1.54, 1.807) is 30.6 Å². The van der Waals surface area contributed by atoms with Gasteiger partial charge in [-0.3, -0.25) is 4.99 Å². The highest BCUT2D eigenvalue weighted by molar-refractivity contribution is 5.83. The zero-order valence-corrected chi connectivity index (χ0v) is 16.6. The number of halogens is 5. The molecule has 0 aliphatic heterocycles. The van der Waals surface area contributed by atoms with E-state index in [-0.39, 0.29) is 11.6 Å². The SMILES string of the molecule is CC.Fc1ccc2c(CCN=Cc3cccc(OCC(F)(F)C(F)F)c3)c[nH]c2c1. The second-order valence-electron chi connectivity index (χ2n) is 6.21. The molecule has 1 aromatic heterocycles. The van der Waals surface area contributed by atoms with Crippen LogP contribution in [0, 0.1) is 5.82 Å². The van der Waals surface area contributed by atoms with Crippen LogP contribution in [0.2, 0.25) is 0 Å². The van der Waals surface area contributed by atoms with Gasteiger partial charge in [0.2, 0.25) is 0 Å². The molecule has 0 atom stereocenters. The van der Waals surface area contributed by atoms with Crippen molar-refractivity contribution >= 4 is 17.1 Å². The molecule has 1 N–H and O–H groups in total. The van der Waals surface area contributed by atoms with Crippen molar-refractivity contribution in [1.29, 1.82) is 0 Å². The van der Waals surface area contributed by atoms with Crippen LogP contribution in [0.5, 0.6) is 5.75 Å². The van der Waals surface area contributed by atoms with E-state index in [1.165, 1.54) is 24.3 Å². The maximum absolute atomic E-state index is 13.2. The molecule has 8 heteroatoms. The molecule has 0 aliphatic rings. The molecule has 0 radical (unpaired) electrons. The van der Waals surface area contributed by atoms with Crippen LogP contribution < -0.4 is 4.74 Å². The standard InChI is InChI=1S/C20H17F5N2O.C2H6/c21-15-4-5-17-14(11-27-18(17)9-15)6-7-26-10-13-2-1-3-16(8-13)28-12-20(24,25)19(22)23;1-2/h1-5,8-11,19,27H,6-7,12H2;1-2H3. The van der Waals surface area contributed by atoms with E-state index in [9.17, 15) is 22.0 Å². The van der Waals surface area contributed by atoms with Crippen LogP contribution in [-0.2, 0) is 6.42 Å². The Kier molecular flexibility index (Phi) is 8.38. The Bertz CT molecular complexity index is 969. The van der Waals surface area contributed by atoms with Crippen LogP contribution >= 0.6 is 0 Å². The number of nitrogens with one attached hydrogen (secondary N) is 1. The topological polar surface area (TPSA) is 37.4 Å². The Hall–Kier alpha value is -2.90. The van der Waals surface area contributed by atoms with Crippen LogP contribution in [0.15, 0.2) is 53.7 Å². The van der Waals surface area contributed by atoms with Crippen molar-refractivity contribution in [3.8, 4) is 5.75 Å². The van der Waals surface area contributed by atoms with E-state index in [1.807, 2.05) is 13.8 Å². The lowest BCUT2D eigenvalue weighted by Crippen LogP contribution is -2.33. The first-order valence-corrected chi connectivity index (χ1v) is 9.49. The highest BCUT2D eigenvalue weighted by Gasteiger charge is 2.41. The van der Waals surface area contributed by atoms with Crippen molar-refractivity contribution in [3.05, 3.63) is 65.6 Å². The Morgan fingerprint density at radius 1 is 1.13 bits per heavy atom. The number of ether oxygens (including phenoxy) is 1. The zero-order chi connectivity index (χ0) is 22.1. The Balaban J connectivity index is 0.00000155. The first-order chi connectivity index (χ1) is 14.3. The molecular formula is C22H23F5N2O. The third kappa shape index (κ3) is 6.30. The minimum Gasteiger partial charge on any atom is -0.487 e. The van der Waals surface area contributed by atoms with Crippen molar-refractivity contribution < 1.29 is 26.7 Å². The van der Waals surface area contributed by atoms with E-state index < -0.39 is 19.0 Å². The Morgan fingerprint density at radius 2 is 1.90 bits per heavy atom. The summed E-state index contributed by atoms with van der Waals surface area (Å²) in [5.41, 5.74) is 2.31. The maximum atomic E-state index is 13.2. The molecule has 0 saturated heterocycles. The highest BCUT2D eigenvalue weighted by Crippen LogP contribution is 2.24. The second-order valence-corrected chi connectivity index (χ2v) is 6.21. The van der Waals surface area contributed by atoms with E-state index in [0.29, 0.717) is 24.0 Å². The molecule has 0 aliphatic carbocycles. The minimum atomic E-state index is -4.20. The van der Waals surface area contributed by atoms with Gasteiger partial charge in [-0.2, -0.15) is 8.78 Å². The lowest BCUT2D eigenvalue weighted by atomic mass is 10.1. The van der Waals surface area contributed by atoms with Gasteiger partial charge in [-0.05, 0) is 47.9 Å². The third-order valence-corrected chi connectivity index (χ3v) is 4.09. The molecule has 30 heavy (non-hydrogen) atoms. The maximum Gasteiger partial charge on any atom is 0.340 e. The first kappa shape index (κ1) is 23.4. The van der Waals surface area contributed by atoms with Crippen molar-refractivity contribution in [2.45, 2.75) is 32.6 Å². The molecule has 0 bridgehead atoms. The summed E-state index contributed by atoms with van der Waals surface area (Å²) in [7, 11) is 0. The molecule has 0 amide bonds. The number of hydrogen-bond donors (Lipinski definition) is 1. The molecule has 0 saturated carbocycles. The van der Waals surface area contributed by atoms with Crippen molar-refractivity contribution in [3.63, 3.8) is 0 Å². The summed E-state index contributed by atoms with van der Waals surface area (Å²) < 4.78 is 68.1. The monoisotopic (exact) mass is 426 g/mol. The van der Waals surface area contributed by atoms with E-state index in [0.717, 1.165) is 10.9 Å². The van der Waals surface area contributed by atoms with Gasteiger partial charge in [0.15, 0.2) is 6.61 Å². The summed E-state index contributed by atoms with van der Waals surface area (Å²) in [5.74, 6) is -4.46. The van der Waals surface area contributed by atoms with Gasteiger partial charge in [-0.25, -0.2) is 13.2 Å². The molecule has 0 unspecified atom stereocenters. The summed E-state index contributed by atoms with van der Waals surface area (Å²) >= 11 is 0. The average molecular weight is 426 g/mol. The molecule has 3 nitrogen and oxygen atoms in total. The number of hydrogen-bond acceptors (Lipinski definition) is 2. The lowest BCUT2D eigenvalue weighted by molar-refractivity contribution is -0.148. The molecule has 2 aromatic carbocycles. The number of fused-ring (bicyclic) bond motifs is 1. The minimum absolute atomic E-state index is 0.0583. The van der Waals surface area contributed by atoms with Gasteiger partial charge in [0.25, 0.3) is 0 Å². The first-order valence-electron chi connectivity index (χ1n) is 9.49. The van der Waals surface area contributed by atoms with Crippen LogP contribution in [-0.4, -0.2) is 36.7 Å². The van der Waals surface area contributed by atoms with Gasteiger partial charge in [0.05, 0.1) is 0 Å². The highest BCUT2D eigenvalue weighted by atomic mass is 19.3.